The quantitative estimate of drug-likeness (QED) is 0.572. The molecule has 1 atom stereocenters. The van der Waals surface area contributed by atoms with E-state index in [9.17, 15) is 0 Å². The maximum atomic E-state index is 6.09. The lowest BCUT2D eigenvalue weighted by Gasteiger charge is -2.09. The first-order valence-corrected chi connectivity index (χ1v) is 5.98. The second-order valence-electron chi connectivity index (χ2n) is 3.79. The van der Waals surface area contributed by atoms with Crippen molar-refractivity contribution in [3.8, 4) is 0 Å². The van der Waals surface area contributed by atoms with Crippen molar-refractivity contribution in [1.82, 2.24) is 14.9 Å². The SMILES string of the molecule is CCCC(Cl)CNCCc1nccn1C. The average Bonchev–Trinajstić information content (AvgIpc) is 2.60. The van der Waals surface area contributed by atoms with Crippen molar-refractivity contribution in [2.75, 3.05) is 13.1 Å². The smallest absolute Gasteiger partial charge is 0.109 e. The van der Waals surface area contributed by atoms with Gasteiger partial charge in [0, 0.05) is 44.3 Å². The molecule has 86 valence electrons. The molecule has 0 aliphatic carbocycles. The Bertz CT molecular complexity index is 273. The lowest BCUT2D eigenvalue weighted by atomic mass is 10.2. The number of aromatic nitrogens is 2. The maximum Gasteiger partial charge on any atom is 0.109 e. The fourth-order valence-electron chi connectivity index (χ4n) is 1.51. The molecule has 0 fully saturated rings. The molecule has 1 aromatic rings. The summed E-state index contributed by atoms with van der Waals surface area (Å²) in [4.78, 5) is 4.26. The van der Waals surface area contributed by atoms with Gasteiger partial charge in [0.1, 0.15) is 5.82 Å². The molecule has 1 unspecified atom stereocenters. The molecule has 0 aliphatic rings. The normalized spacial score (nSPS) is 13.0. The summed E-state index contributed by atoms with van der Waals surface area (Å²) in [6.45, 7) is 3.99. The summed E-state index contributed by atoms with van der Waals surface area (Å²) < 4.78 is 2.05. The zero-order chi connectivity index (χ0) is 11.1. The molecule has 15 heavy (non-hydrogen) atoms. The molecule has 1 heterocycles. The van der Waals surface area contributed by atoms with Crippen molar-refractivity contribution < 1.29 is 0 Å². The van der Waals surface area contributed by atoms with Crippen LogP contribution in [0.15, 0.2) is 12.4 Å². The Morgan fingerprint density at radius 1 is 1.60 bits per heavy atom. The largest absolute Gasteiger partial charge is 0.338 e. The molecule has 0 saturated carbocycles. The highest BCUT2D eigenvalue weighted by molar-refractivity contribution is 6.20. The molecule has 0 saturated heterocycles. The number of hydrogen-bond acceptors (Lipinski definition) is 2. The van der Waals surface area contributed by atoms with E-state index in [1.54, 1.807) is 0 Å². The van der Waals surface area contributed by atoms with E-state index in [0.29, 0.717) is 0 Å². The first kappa shape index (κ1) is 12.5. The third-order valence-electron chi connectivity index (χ3n) is 2.41. The summed E-state index contributed by atoms with van der Waals surface area (Å²) in [6.07, 6.45) is 6.99. The Labute approximate surface area is 96.8 Å². The van der Waals surface area contributed by atoms with Gasteiger partial charge in [0.05, 0.1) is 0 Å². The van der Waals surface area contributed by atoms with Crippen molar-refractivity contribution in [2.24, 2.45) is 7.05 Å². The number of nitrogens with zero attached hydrogens (tertiary/aromatic N) is 2. The summed E-state index contributed by atoms with van der Waals surface area (Å²) in [5, 5.41) is 3.61. The second-order valence-corrected chi connectivity index (χ2v) is 4.41. The van der Waals surface area contributed by atoms with Crippen LogP contribution in [-0.4, -0.2) is 28.0 Å². The number of alkyl halides is 1. The van der Waals surface area contributed by atoms with Crippen molar-refractivity contribution >= 4 is 11.6 Å². The first-order valence-electron chi connectivity index (χ1n) is 5.55. The van der Waals surface area contributed by atoms with Crippen LogP contribution in [0.1, 0.15) is 25.6 Å². The lowest BCUT2D eigenvalue weighted by molar-refractivity contribution is 0.610. The van der Waals surface area contributed by atoms with Crippen molar-refractivity contribution in [3.05, 3.63) is 18.2 Å². The average molecular weight is 230 g/mol. The molecule has 1 N–H and O–H groups in total. The molecule has 1 rings (SSSR count). The minimum absolute atomic E-state index is 0.261. The molecular weight excluding hydrogens is 210 g/mol. The molecule has 4 heteroatoms. The molecule has 0 amide bonds. The van der Waals surface area contributed by atoms with Gasteiger partial charge in [0.15, 0.2) is 0 Å². The lowest BCUT2D eigenvalue weighted by Crippen LogP contribution is -2.25. The van der Waals surface area contributed by atoms with Gasteiger partial charge in [-0.05, 0) is 6.42 Å². The second kappa shape index (κ2) is 6.85. The van der Waals surface area contributed by atoms with Crippen LogP contribution >= 0.6 is 11.6 Å². The van der Waals surface area contributed by atoms with E-state index < -0.39 is 0 Å². The van der Waals surface area contributed by atoms with Crippen LogP contribution < -0.4 is 5.32 Å². The highest BCUT2D eigenvalue weighted by Crippen LogP contribution is 2.03. The minimum Gasteiger partial charge on any atom is -0.338 e. The molecular formula is C11H20ClN3. The van der Waals surface area contributed by atoms with Crippen molar-refractivity contribution in [2.45, 2.75) is 31.6 Å². The number of hydrogen-bond donors (Lipinski definition) is 1. The standard InChI is InChI=1S/C11H20ClN3/c1-3-4-10(12)9-13-6-5-11-14-7-8-15(11)2/h7-8,10,13H,3-6,9H2,1-2H3. The third-order valence-corrected chi connectivity index (χ3v) is 2.79. The van der Waals surface area contributed by atoms with Gasteiger partial charge in [-0.1, -0.05) is 13.3 Å². The topological polar surface area (TPSA) is 29.9 Å². The Hall–Kier alpha value is -0.540. The van der Waals surface area contributed by atoms with Gasteiger partial charge in [0.25, 0.3) is 0 Å². The van der Waals surface area contributed by atoms with Gasteiger partial charge in [-0.3, -0.25) is 0 Å². The molecule has 0 aliphatic heterocycles. The Morgan fingerprint density at radius 3 is 3.00 bits per heavy atom. The Balaban J connectivity index is 2.09. The highest BCUT2D eigenvalue weighted by Gasteiger charge is 2.02. The summed E-state index contributed by atoms with van der Waals surface area (Å²) in [5.74, 6) is 1.11. The molecule has 3 nitrogen and oxygen atoms in total. The monoisotopic (exact) mass is 229 g/mol. The van der Waals surface area contributed by atoms with Crippen LogP contribution in [0, 0.1) is 0 Å². The van der Waals surface area contributed by atoms with E-state index in [0.717, 1.165) is 38.2 Å². The number of nitrogens with one attached hydrogen (secondary N) is 1. The van der Waals surface area contributed by atoms with E-state index in [2.05, 4.69) is 17.2 Å². The summed E-state index contributed by atoms with van der Waals surface area (Å²) >= 11 is 6.09. The van der Waals surface area contributed by atoms with E-state index in [4.69, 9.17) is 11.6 Å². The summed E-state index contributed by atoms with van der Waals surface area (Å²) in [6, 6.07) is 0. The zero-order valence-corrected chi connectivity index (χ0v) is 10.3. The van der Waals surface area contributed by atoms with E-state index in [1.807, 2.05) is 24.0 Å². The van der Waals surface area contributed by atoms with E-state index in [-0.39, 0.29) is 5.38 Å². The van der Waals surface area contributed by atoms with Crippen LogP contribution in [0.3, 0.4) is 0 Å². The maximum absolute atomic E-state index is 6.09. The third kappa shape index (κ3) is 4.67. The number of aryl methyl sites for hydroxylation is 1. The van der Waals surface area contributed by atoms with Crippen molar-refractivity contribution in [3.63, 3.8) is 0 Å². The fourth-order valence-corrected chi connectivity index (χ4v) is 1.84. The van der Waals surface area contributed by atoms with Gasteiger partial charge in [-0.25, -0.2) is 4.98 Å². The Kier molecular flexibility index (Phi) is 5.73. The van der Waals surface area contributed by atoms with Crippen molar-refractivity contribution in [1.29, 1.82) is 0 Å². The van der Waals surface area contributed by atoms with Crippen LogP contribution in [-0.2, 0) is 13.5 Å². The first-order chi connectivity index (χ1) is 7.24. The molecule has 0 bridgehead atoms. The van der Waals surface area contributed by atoms with Gasteiger partial charge >= 0.3 is 0 Å². The van der Waals surface area contributed by atoms with E-state index >= 15 is 0 Å². The van der Waals surface area contributed by atoms with Gasteiger partial charge in [0.2, 0.25) is 0 Å². The zero-order valence-electron chi connectivity index (χ0n) is 9.54. The molecule has 0 spiro atoms. The molecule has 0 aromatic carbocycles. The predicted molar refractivity (Wildman–Crippen MR) is 64.3 cm³/mol. The summed E-state index contributed by atoms with van der Waals surface area (Å²) in [5.41, 5.74) is 0. The number of imidazole rings is 1. The predicted octanol–water partition coefficient (Wildman–Crippen LogP) is 1.96. The summed E-state index contributed by atoms with van der Waals surface area (Å²) in [7, 11) is 2.02. The minimum atomic E-state index is 0.261. The fraction of sp³-hybridized carbons (Fsp3) is 0.727. The van der Waals surface area contributed by atoms with Gasteiger partial charge < -0.3 is 9.88 Å². The number of rotatable bonds is 7. The van der Waals surface area contributed by atoms with Crippen LogP contribution in [0.2, 0.25) is 0 Å². The highest BCUT2D eigenvalue weighted by atomic mass is 35.5. The van der Waals surface area contributed by atoms with Gasteiger partial charge in [-0.2, -0.15) is 0 Å². The number of halogens is 1. The van der Waals surface area contributed by atoms with Crippen LogP contribution in [0.5, 0.6) is 0 Å². The Morgan fingerprint density at radius 2 is 2.40 bits per heavy atom. The van der Waals surface area contributed by atoms with Crippen LogP contribution in [0.25, 0.3) is 0 Å². The van der Waals surface area contributed by atoms with Crippen LogP contribution in [0.4, 0.5) is 0 Å². The van der Waals surface area contributed by atoms with E-state index in [1.165, 1.54) is 0 Å². The molecule has 0 radical (unpaired) electrons. The molecule has 1 aromatic heterocycles. The van der Waals surface area contributed by atoms with Gasteiger partial charge in [-0.15, -0.1) is 11.6 Å².